The molecule has 2 aromatic rings. The van der Waals surface area contributed by atoms with Crippen molar-refractivity contribution in [2.45, 2.75) is 37.3 Å². The number of carbonyl (C=O) groups is 3. The van der Waals surface area contributed by atoms with Gasteiger partial charge in [-0.3, -0.25) is 14.9 Å². The predicted octanol–water partition coefficient (Wildman–Crippen LogP) is 2.97. The lowest BCUT2D eigenvalue weighted by atomic mass is 9.78. The van der Waals surface area contributed by atoms with Gasteiger partial charge in [-0.15, -0.1) is 0 Å². The monoisotopic (exact) mass is 571 g/mol. The Kier molecular flexibility index (Phi) is 8.50. The van der Waals surface area contributed by atoms with Crippen LogP contribution in [0.3, 0.4) is 0 Å². The lowest BCUT2D eigenvalue weighted by Crippen LogP contribution is -2.66. The zero-order valence-electron chi connectivity index (χ0n) is 20.3. The molecule has 1 saturated heterocycles. The number of amides is 2. The fourth-order valence-corrected chi connectivity index (χ4v) is 5.04. The number of fused-ring (bicyclic) bond motifs is 2. The van der Waals surface area contributed by atoms with E-state index >= 15 is 0 Å². The van der Waals surface area contributed by atoms with E-state index in [0.29, 0.717) is 38.3 Å². The number of nitrogens with zero attached hydrogens (tertiary/aromatic N) is 1. The van der Waals surface area contributed by atoms with Gasteiger partial charge in [-0.25, -0.2) is 4.79 Å². The normalized spacial score (nSPS) is 20.6. The Balaban J connectivity index is 1.41. The Morgan fingerprint density at radius 3 is 2.24 bits per heavy atom. The molecule has 2 atom stereocenters. The van der Waals surface area contributed by atoms with Gasteiger partial charge in [0.1, 0.15) is 24.7 Å². The van der Waals surface area contributed by atoms with E-state index < -0.39 is 23.5 Å². The van der Waals surface area contributed by atoms with Crippen molar-refractivity contribution in [3.05, 3.63) is 70.2 Å². The van der Waals surface area contributed by atoms with Crippen LogP contribution in [0.25, 0.3) is 0 Å². The van der Waals surface area contributed by atoms with Gasteiger partial charge >= 0.3 is 5.97 Å². The molecule has 2 aliphatic heterocycles. The van der Waals surface area contributed by atoms with Crippen molar-refractivity contribution >= 4 is 33.7 Å². The molecule has 10 heteroatoms. The average Bonchev–Trinajstić information content (AvgIpc) is 2.87. The highest BCUT2D eigenvalue weighted by atomic mass is 79.9. The minimum atomic E-state index is -0.997. The van der Waals surface area contributed by atoms with E-state index in [4.69, 9.17) is 15.2 Å². The second kappa shape index (κ2) is 11.8. The van der Waals surface area contributed by atoms with E-state index in [1.165, 1.54) is 0 Å². The van der Waals surface area contributed by atoms with Gasteiger partial charge < -0.3 is 25.2 Å². The summed E-state index contributed by atoms with van der Waals surface area (Å²) in [5, 5.41) is 13.1. The first-order valence-electron chi connectivity index (χ1n) is 12.1. The third-order valence-electron chi connectivity index (χ3n) is 6.61. The van der Waals surface area contributed by atoms with Crippen LogP contribution in [0.2, 0.25) is 0 Å². The van der Waals surface area contributed by atoms with Gasteiger partial charge in [0, 0.05) is 30.4 Å². The van der Waals surface area contributed by atoms with Crippen molar-refractivity contribution in [2.75, 3.05) is 26.3 Å². The maximum atomic E-state index is 12.9. The molecule has 196 valence electrons. The second-order valence-corrected chi connectivity index (χ2v) is 10.1. The number of carboxylic acids is 1. The molecule has 2 bridgehead atoms. The van der Waals surface area contributed by atoms with Crippen molar-refractivity contribution in [1.82, 2.24) is 10.2 Å². The van der Waals surface area contributed by atoms with Crippen molar-refractivity contribution in [3.63, 3.8) is 0 Å². The number of piperazine rings is 1. The van der Waals surface area contributed by atoms with Gasteiger partial charge in [0.2, 0.25) is 11.8 Å². The molecule has 2 heterocycles. The number of hydrogen-bond donors (Lipinski definition) is 3. The number of nitrogens with one attached hydrogen (secondary N) is 1. The Bertz CT molecular complexity index is 1170. The minimum Gasteiger partial charge on any atom is -0.490 e. The zero-order chi connectivity index (χ0) is 26.4. The Morgan fingerprint density at radius 2 is 1.65 bits per heavy atom. The molecule has 2 amide bonds. The molecule has 4 rings (SSSR count). The van der Waals surface area contributed by atoms with E-state index in [1.807, 2.05) is 48.5 Å². The van der Waals surface area contributed by atoms with E-state index in [1.54, 1.807) is 11.0 Å². The predicted molar refractivity (Wildman–Crippen MR) is 140 cm³/mol. The smallest absolute Gasteiger partial charge is 0.332 e. The maximum absolute atomic E-state index is 12.9. The van der Waals surface area contributed by atoms with E-state index in [0.717, 1.165) is 15.8 Å². The summed E-state index contributed by atoms with van der Waals surface area (Å²) in [6.45, 7) is 1.42. The molecule has 0 saturated carbocycles. The molecule has 0 radical (unpaired) electrons. The summed E-state index contributed by atoms with van der Waals surface area (Å²) in [5.74, 6) is -0.111. The summed E-state index contributed by atoms with van der Waals surface area (Å²) in [6, 6.07) is 14.7. The lowest BCUT2D eigenvalue weighted by molar-refractivity contribution is -0.138. The molecule has 37 heavy (non-hydrogen) atoms. The van der Waals surface area contributed by atoms with Gasteiger partial charge in [-0.1, -0.05) is 34.1 Å². The van der Waals surface area contributed by atoms with Gasteiger partial charge in [0.15, 0.2) is 0 Å². The summed E-state index contributed by atoms with van der Waals surface area (Å²) in [6.07, 6.45) is 2.88. The average molecular weight is 572 g/mol. The molecule has 0 aliphatic carbocycles. The molecule has 0 aromatic heterocycles. The zero-order valence-corrected chi connectivity index (χ0v) is 21.9. The molecule has 4 N–H and O–H groups in total. The van der Waals surface area contributed by atoms with Gasteiger partial charge in [-0.05, 0) is 54.8 Å². The quantitative estimate of drug-likeness (QED) is 0.353. The largest absolute Gasteiger partial charge is 0.490 e. The molecular weight excluding hydrogens is 542 g/mol. The van der Waals surface area contributed by atoms with Crippen LogP contribution in [0.5, 0.6) is 11.5 Å². The Hall–Kier alpha value is -3.37. The van der Waals surface area contributed by atoms with Gasteiger partial charge in [-0.2, -0.15) is 0 Å². The first-order valence-corrected chi connectivity index (χ1v) is 12.9. The second-order valence-electron chi connectivity index (χ2n) is 9.22. The topological polar surface area (TPSA) is 131 Å². The highest BCUT2D eigenvalue weighted by Gasteiger charge is 2.46. The number of primary amides is 1. The number of rotatable bonds is 11. The number of hydrogen-bond acceptors (Lipinski definition) is 6. The number of carboxylic acid groups (broad SMARTS) is 1. The van der Waals surface area contributed by atoms with Crippen molar-refractivity contribution in [3.8, 4) is 11.5 Å². The van der Waals surface area contributed by atoms with Crippen LogP contribution >= 0.6 is 15.9 Å². The highest BCUT2D eigenvalue weighted by Crippen LogP contribution is 2.37. The number of carbonyl (C=O) groups excluding carboxylic acids is 2. The molecule has 2 aliphatic rings. The number of ether oxygens (including phenoxy) is 2. The van der Waals surface area contributed by atoms with Gasteiger partial charge in [0.25, 0.3) is 0 Å². The fourth-order valence-electron chi connectivity index (χ4n) is 4.77. The molecule has 1 fully saturated rings. The summed E-state index contributed by atoms with van der Waals surface area (Å²) >= 11 is 3.39. The van der Waals surface area contributed by atoms with Crippen LogP contribution < -0.4 is 20.5 Å². The van der Waals surface area contributed by atoms with Crippen LogP contribution in [-0.4, -0.2) is 60.1 Å². The van der Waals surface area contributed by atoms with Crippen molar-refractivity contribution in [2.24, 2.45) is 5.73 Å². The van der Waals surface area contributed by atoms with Crippen molar-refractivity contribution in [1.29, 1.82) is 0 Å². The molecular formula is C27H30BrN3O6. The lowest BCUT2D eigenvalue weighted by Gasteiger charge is -2.50. The number of nitrogens with two attached hydrogens (primary N) is 1. The third-order valence-corrected chi connectivity index (χ3v) is 7.14. The summed E-state index contributed by atoms with van der Waals surface area (Å²) in [4.78, 5) is 37.5. The van der Waals surface area contributed by atoms with Crippen LogP contribution in [0.15, 0.2) is 64.7 Å². The number of aliphatic carboxylic acids is 1. The highest BCUT2D eigenvalue weighted by molar-refractivity contribution is 9.10. The van der Waals surface area contributed by atoms with Crippen LogP contribution in [0, 0.1) is 0 Å². The Labute approximate surface area is 223 Å². The maximum Gasteiger partial charge on any atom is 0.332 e. The first kappa shape index (κ1) is 26.7. The SMILES string of the molecule is NC(=O)CCCC(=O)N1CC2NC(c3ccc(OCCOc4ccc(Br)cc4)cc3)(CC=C2C(=O)O)C1. The minimum absolute atomic E-state index is 0.116. The summed E-state index contributed by atoms with van der Waals surface area (Å²) in [5.41, 5.74) is 5.77. The molecule has 2 unspecified atom stereocenters. The standard InChI is InChI=1S/C27H30BrN3O6/c28-19-6-10-21(11-7-19)37-15-14-36-20-8-4-18(5-9-20)27-13-12-22(26(34)35)23(30-27)16-31(17-27)25(33)3-1-2-24(29)32/h4-12,23,30H,1-3,13-17H2,(H2,29,32)(H,34,35). The van der Waals surface area contributed by atoms with Gasteiger partial charge in [0.05, 0.1) is 17.2 Å². The molecule has 2 aromatic carbocycles. The van der Waals surface area contributed by atoms with Crippen LogP contribution in [-0.2, 0) is 19.9 Å². The van der Waals surface area contributed by atoms with E-state index in [9.17, 15) is 19.5 Å². The first-order chi connectivity index (χ1) is 17.8. The third kappa shape index (κ3) is 6.69. The van der Waals surface area contributed by atoms with E-state index in [-0.39, 0.29) is 30.9 Å². The van der Waals surface area contributed by atoms with Crippen LogP contribution in [0.1, 0.15) is 31.2 Å². The fraction of sp³-hybridized carbons (Fsp3) is 0.370. The summed E-state index contributed by atoms with van der Waals surface area (Å²) < 4.78 is 12.5. The van der Waals surface area contributed by atoms with Crippen molar-refractivity contribution < 1.29 is 29.0 Å². The molecule has 0 spiro atoms. The van der Waals surface area contributed by atoms with E-state index in [2.05, 4.69) is 21.2 Å². The Morgan fingerprint density at radius 1 is 1.03 bits per heavy atom. The molecule has 9 nitrogen and oxygen atoms in total. The number of halogens is 1. The summed E-state index contributed by atoms with van der Waals surface area (Å²) in [7, 11) is 0. The van der Waals surface area contributed by atoms with Crippen LogP contribution in [0.4, 0.5) is 0 Å². The number of benzene rings is 2.